The topological polar surface area (TPSA) is 96.0 Å². The van der Waals surface area contributed by atoms with E-state index in [-0.39, 0.29) is 18.5 Å². The van der Waals surface area contributed by atoms with Crippen molar-refractivity contribution >= 4 is 27.5 Å². The van der Waals surface area contributed by atoms with E-state index >= 15 is 0 Å². The number of nitrogens with zero attached hydrogens (tertiary/aromatic N) is 2. The zero-order valence-electron chi connectivity index (χ0n) is 21.6. The third kappa shape index (κ3) is 7.22. The van der Waals surface area contributed by atoms with Crippen LogP contribution in [-0.4, -0.2) is 57.1 Å². The van der Waals surface area contributed by atoms with Crippen LogP contribution < -0.4 is 14.4 Å². The molecule has 0 heterocycles. The second-order valence-electron chi connectivity index (χ2n) is 9.44. The molecule has 8 nitrogen and oxygen atoms in total. The maximum absolute atomic E-state index is 13.7. The molecule has 0 spiro atoms. The highest BCUT2D eigenvalue weighted by Gasteiger charge is 2.31. The average molecular weight is 516 g/mol. The van der Waals surface area contributed by atoms with Crippen molar-refractivity contribution in [2.24, 2.45) is 0 Å². The Hall–Kier alpha value is -3.07. The number of methoxy groups -OCH3 is 1. The second kappa shape index (κ2) is 12.3. The number of ether oxygens (including phenoxy) is 1. The van der Waals surface area contributed by atoms with Crippen LogP contribution in [0, 0.1) is 6.92 Å². The molecule has 1 N–H and O–H groups in total. The molecule has 1 fully saturated rings. The summed E-state index contributed by atoms with van der Waals surface area (Å²) in [6, 6.07) is 13.5. The Labute approximate surface area is 214 Å². The monoisotopic (exact) mass is 515 g/mol. The van der Waals surface area contributed by atoms with Gasteiger partial charge in [-0.3, -0.25) is 13.9 Å². The first kappa shape index (κ1) is 27.5. The third-order valence-electron chi connectivity index (χ3n) is 6.76. The molecule has 9 heteroatoms. The molecule has 0 radical (unpaired) electrons. The zero-order chi connectivity index (χ0) is 26.3. The van der Waals surface area contributed by atoms with Gasteiger partial charge in [-0.15, -0.1) is 0 Å². The van der Waals surface area contributed by atoms with Crippen LogP contribution in [0.1, 0.15) is 50.2 Å². The Bertz CT molecular complexity index is 1140. The van der Waals surface area contributed by atoms with E-state index < -0.39 is 28.5 Å². The van der Waals surface area contributed by atoms with E-state index in [1.165, 1.54) is 18.4 Å². The van der Waals surface area contributed by atoms with Gasteiger partial charge < -0.3 is 15.0 Å². The molecule has 1 atom stereocenters. The lowest BCUT2D eigenvalue weighted by molar-refractivity contribution is -0.139. The van der Waals surface area contributed by atoms with Gasteiger partial charge in [-0.2, -0.15) is 0 Å². The molecule has 1 saturated carbocycles. The van der Waals surface area contributed by atoms with Gasteiger partial charge in [0.05, 0.1) is 19.1 Å². The van der Waals surface area contributed by atoms with E-state index in [1.54, 1.807) is 31.2 Å². The summed E-state index contributed by atoms with van der Waals surface area (Å²) < 4.78 is 31.6. The van der Waals surface area contributed by atoms with Gasteiger partial charge in [0, 0.05) is 12.6 Å². The number of aryl methyl sites for hydroxylation is 1. The van der Waals surface area contributed by atoms with Crippen molar-refractivity contribution in [1.29, 1.82) is 0 Å². The van der Waals surface area contributed by atoms with Crippen molar-refractivity contribution in [3.63, 3.8) is 0 Å². The van der Waals surface area contributed by atoms with Crippen molar-refractivity contribution < 1.29 is 22.7 Å². The summed E-state index contributed by atoms with van der Waals surface area (Å²) in [7, 11) is -2.25. The molecule has 0 aromatic heterocycles. The van der Waals surface area contributed by atoms with Crippen molar-refractivity contribution in [2.75, 3.05) is 24.2 Å². The summed E-state index contributed by atoms with van der Waals surface area (Å²) in [6.07, 6.45) is 6.27. The predicted molar refractivity (Wildman–Crippen MR) is 141 cm³/mol. The lowest BCUT2D eigenvalue weighted by atomic mass is 9.95. The highest BCUT2D eigenvalue weighted by atomic mass is 32.2. The molecule has 0 bridgehead atoms. The van der Waals surface area contributed by atoms with E-state index in [0.717, 1.165) is 47.4 Å². The number of hydrogen-bond acceptors (Lipinski definition) is 5. The van der Waals surface area contributed by atoms with Crippen molar-refractivity contribution in [1.82, 2.24) is 10.2 Å². The van der Waals surface area contributed by atoms with Gasteiger partial charge in [-0.25, -0.2) is 8.42 Å². The van der Waals surface area contributed by atoms with Crippen LogP contribution in [0.4, 0.5) is 5.69 Å². The highest BCUT2D eigenvalue weighted by Crippen LogP contribution is 2.23. The van der Waals surface area contributed by atoms with E-state index in [4.69, 9.17) is 4.74 Å². The normalized spacial score (nSPS) is 15.1. The van der Waals surface area contributed by atoms with Crippen LogP contribution in [0.5, 0.6) is 5.75 Å². The quantitative estimate of drug-likeness (QED) is 0.521. The third-order valence-corrected chi connectivity index (χ3v) is 7.90. The van der Waals surface area contributed by atoms with Crippen molar-refractivity contribution in [3.05, 3.63) is 59.7 Å². The van der Waals surface area contributed by atoms with E-state index in [0.29, 0.717) is 11.4 Å². The summed E-state index contributed by atoms with van der Waals surface area (Å²) in [5, 5.41) is 3.10. The van der Waals surface area contributed by atoms with Crippen LogP contribution >= 0.6 is 0 Å². The Morgan fingerprint density at radius 1 is 1.06 bits per heavy atom. The summed E-state index contributed by atoms with van der Waals surface area (Å²) >= 11 is 0. The van der Waals surface area contributed by atoms with E-state index in [1.807, 2.05) is 31.2 Å². The minimum absolute atomic E-state index is 0.107. The molecule has 1 unspecified atom stereocenters. The van der Waals surface area contributed by atoms with Crippen molar-refractivity contribution in [2.45, 2.75) is 64.6 Å². The molecular formula is C27H37N3O5S. The Balaban J connectivity index is 1.87. The number of rotatable bonds is 10. The molecule has 2 aromatic carbocycles. The average Bonchev–Trinajstić information content (AvgIpc) is 2.86. The smallest absolute Gasteiger partial charge is 0.244 e. The molecule has 1 aliphatic rings. The standard InChI is InChI=1S/C27H37N3O5S/c1-20-10-8-9-11-22(20)18-29(21(2)27(32)28-23-12-6-5-7-13-23)26(31)19-30(36(4,33)34)24-14-16-25(35-3)17-15-24/h8-11,14-17,21,23H,5-7,12-13,18-19H2,1-4H3,(H,28,32). The molecule has 2 amide bonds. The van der Waals surface area contributed by atoms with Crippen LogP contribution in [0.2, 0.25) is 0 Å². The molecule has 1 aliphatic carbocycles. The SMILES string of the molecule is COc1ccc(N(CC(=O)N(Cc2ccccc2C)C(C)C(=O)NC2CCCCC2)S(C)(=O)=O)cc1. The summed E-state index contributed by atoms with van der Waals surface area (Å²) in [4.78, 5) is 28.3. The molecular weight excluding hydrogens is 478 g/mol. The van der Waals surface area contributed by atoms with Crippen LogP contribution in [0.15, 0.2) is 48.5 Å². The Morgan fingerprint density at radius 3 is 2.28 bits per heavy atom. The van der Waals surface area contributed by atoms with Gasteiger partial charge in [0.15, 0.2) is 0 Å². The maximum Gasteiger partial charge on any atom is 0.244 e. The van der Waals surface area contributed by atoms with Crippen molar-refractivity contribution in [3.8, 4) is 5.75 Å². The van der Waals surface area contributed by atoms with E-state index in [9.17, 15) is 18.0 Å². The van der Waals surface area contributed by atoms with Crippen LogP contribution in [0.3, 0.4) is 0 Å². The van der Waals surface area contributed by atoms with Gasteiger partial charge in [-0.1, -0.05) is 43.5 Å². The first-order valence-corrected chi connectivity index (χ1v) is 14.2. The summed E-state index contributed by atoms with van der Waals surface area (Å²) in [5.74, 6) is -0.0994. The number of nitrogens with one attached hydrogen (secondary N) is 1. The highest BCUT2D eigenvalue weighted by molar-refractivity contribution is 7.92. The molecule has 36 heavy (non-hydrogen) atoms. The number of anilines is 1. The number of amides is 2. The molecule has 3 rings (SSSR count). The number of benzene rings is 2. The second-order valence-corrected chi connectivity index (χ2v) is 11.3. The fraction of sp³-hybridized carbons (Fsp3) is 0.481. The molecule has 2 aromatic rings. The van der Waals surface area contributed by atoms with Gasteiger partial charge in [-0.05, 0) is 62.1 Å². The minimum atomic E-state index is -3.77. The lowest BCUT2D eigenvalue weighted by Crippen LogP contribution is -2.53. The van der Waals surface area contributed by atoms with Gasteiger partial charge in [0.1, 0.15) is 18.3 Å². The lowest BCUT2D eigenvalue weighted by Gasteiger charge is -2.33. The van der Waals surface area contributed by atoms with Crippen LogP contribution in [0.25, 0.3) is 0 Å². The number of carbonyl (C=O) groups excluding carboxylic acids is 2. The molecule has 0 saturated heterocycles. The first-order valence-electron chi connectivity index (χ1n) is 12.4. The number of hydrogen-bond donors (Lipinski definition) is 1. The van der Waals surface area contributed by atoms with Gasteiger partial charge in [0.2, 0.25) is 21.8 Å². The summed E-state index contributed by atoms with van der Waals surface area (Å²) in [5.41, 5.74) is 2.24. The Morgan fingerprint density at radius 2 is 1.69 bits per heavy atom. The summed E-state index contributed by atoms with van der Waals surface area (Å²) in [6.45, 7) is 3.43. The largest absolute Gasteiger partial charge is 0.497 e. The predicted octanol–water partition coefficient (Wildman–Crippen LogP) is 3.64. The maximum atomic E-state index is 13.7. The fourth-order valence-electron chi connectivity index (χ4n) is 4.48. The van der Waals surface area contributed by atoms with Gasteiger partial charge in [0.25, 0.3) is 0 Å². The number of sulfonamides is 1. The van der Waals surface area contributed by atoms with Gasteiger partial charge >= 0.3 is 0 Å². The first-order chi connectivity index (χ1) is 17.1. The fourth-order valence-corrected chi connectivity index (χ4v) is 5.33. The van der Waals surface area contributed by atoms with E-state index in [2.05, 4.69) is 5.32 Å². The Kier molecular flexibility index (Phi) is 9.37. The number of carbonyl (C=O) groups is 2. The molecule has 0 aliphatic heterocycles. The minimum Gasteiger partial charge on any atom is -0.497 e. The zero-order valence-corrected chi connectivity index (χ0v) is 22.4. The van der Waals surface area contributed by atoms with Crippen LogP contribution in [-0.2, 0) is 26.2 Å². The molecule has 196 valence electrons.